The van der Waals surface area contributed by atoms with E-state index in [1.54, 1.807) is 0 Å². The highest BCUT2D eigenvalue weighted by molar-refractivity contribution is 5.69. The van der Waals surface area contributed by atoms with E-state index in [4.69, 9.17) is 4.74 Å². The van der Waals surface area contributed by atoms with Crippen molar-refractivity contribution in [1.29, 1.82) is 0 Å². The highest BCUT2D eigenvalue weighted by atomic mass is 16.5. The summed E-state index contributed by atoms with van der Waals surface area (Å²) in [5, 5.41) is 19.5. The van der Waals surface area contributed by atoms with E-state index in [9.17, 15) is 15.0 Å². The Morgan fingerprint density at radius 3 is 2.60 bits per heavy atom. The Morgan fingerprint density at radius 2 is 1.90 bits per heavy atom. The fourth-order valence-corrected chi connectivity index (χ4v) is 2.61. The van der Waals surface area contributed by atoms with Gasteiger partial charge in [0, 0.05) is 24.1 Å². The monoisotopic (exact) mass is 270 g/mol. The number of hydrogen-bond donors (Lipinski definition) is 2. The lowest BCUT2D eigenvalue weighted by Gasteiger charge is -2.30. The maximum atomic E-state index is 11.3. The second kappa shape index (κ2) is 4.89. The molecule has 4 nitrogen and oxygen atoms in total. The molecule has 20 heavy (non-hydrogen) atoms. The van der Waals surface area contributed by atoms with Crippen molar-refractivity contribution < 1.29 is 19.7 Å². The molecule has 0 bridgehead atoms. The number of fused-ring (bicyclic) bond motifs is 1. The van der Waals surface area contributed by atoms with Gasteiger partial charge in [-0.15, -0.1) is 0 Å². The molecular weight excluding hydrogens is 256 g/mol. The van der Waals surface area contributed by atoms with Gasteiger partial charge in [0.05, 0.1) is 5.92 Å². The summed E-state index contributed by atoms with van der Waals surface area (Å²) in [6, 6.07) is 12.2. The van der Waals surface area contributed by atoms with E-state index in [-0.39, 0.29) is 17.6 Å². The number of rotatable bonds is 2. The lowest BCUT2D eigenvalue weighted by molar-refractivity contribution is -0.110. The number of benzene rings is 2. The zero-order valence-electron chi connectivity index (χ0n) is 10.7. The number of carbonyl (C=O) groups is 1. The second-order valence-electron chi connectivity index (χ2n) is 4.87. The van der Waals surface area contributed by atoms with Crippen LogP contribution >= 0.6 is 0 Å². The highest BCUT2D eigenvalue weighted by Crippen LogP contribution is 2.46. The Balaban J connectivity index is 2.04. The molecule has 102 valence electrons. The van der Waals surface area contributed by atoms with Crippen LogP contribution in [0, 0.1) is 0 Å². The maximum Gasteiger partial charge on any atom is 0.131 e. The average molecular weight is 270 g/mol. The molecule has 0 saturated heterocycles. The minimum atomic E-state index is -0.440. The number of phenols is 2. The fraction of sp³-hybridized carbons (Fsp3) is 0.188. The van der Waals surface area contributed by atoms with Crippen LogP contribution in [-0.2, 0) is 4.79 Å². The predicted molar refractivity (Wildman–Crippen MR) is 73.0 cm³/mol. The molecule has 0 aliphatic carbocycles. The number of phenolic OH excluding ortho intramolecular Hbond substituents is 2. The first-order valence-electron chi connectivity index (χ1n) is 6.42. The van der Waals surface area contributed by atoms with Crippen LogP contribution in [0.1, 0.15) is 29.6 Å². The van der Waals surface area contributed by atoms with Gasteiger partial charge in [-0.1, -0.05) is 30.3 Å². The quantitative estimate of drug-likeness (QED) is 0.823. The number of ether oxygens (including phenoxy) is 1. The Morgan fingerprint density at radius 1 is 1.15 bits per heavy atom. The summed E-state index contributed by atoms with van der Waals surface area (Å²) in [5.41, 5.74) is 1.41. The molecule has 2 aromatic rings. The summed E-state index contributed by atoms with van der Waals surface area (Å²) in [5.74, 6) is -0.271. The van der Waals surface area contributed by atoms with Crippen LogP contribution in [-0.4, -0.2) is 16.5 Å². The van der Waals surface area contributed by atoms with Crippen molar-refractivity contribution in [2.75, 3.05) is 0 Å². The van der Waals surface area contributed by atoms with E-state index in [0.717, 1.165) is 11.8 Å². The Kier molecular flexibility index (Phi) is 3.06. The lowest BCUT2D eigenvalue weighted by Crippen LogP contribution is -2.20. The smallest absolute Gasteiger partial charge is 0.131 e. The molecule has 0 radical (unpaired) electrons. The van der Waals surface area contributed by atoms with Gasteiger partial charge in [0.15, 0.2) is 0 Å². The van der Waals surface area contributed by atoms with Gasteiger partial charge in [-0.05, 0) is 5.56 Å². The molecule has 1 heterocycles. The Labute approximate surface area is 116 Å². The average Bonchev–Trinajstić information content (AvgIpc) is 2.46. The first-order valence-corrected chi connectivity index (χ1v) is 6.42. The van der Waals surface area contributed by atoms with E-state index < -0.39 is 5.92 Å². The zero-order chi connectivity index (χ0) is 14.1. The Bertz CT molecular complexity index is 636. The molecule has 1 aliphatic rings. The van der Waals surface area contributed by atoms with E-state index in [1.165, 1.54) is 12.1 Å². The predicted octanol–water partition coefficient (Wildman–Crippen LogP) is 2.90. The van der Waals surface area contributed by atoms with Gasteiger partial charge in [-0.3, -0.25) is 0 Å². The summed E-state index contributed by atoms with van der Waals surface area (Å²) in [6.45, 7) is 0. The molecule has 2 aromatic carbocycles. The third kappa shape index (κ3) is 2.09. The normalized spacial score (nSPS) is 20.8. The summed E-state index contributed by atoms with van der Waals surface area (Å²) in [6.07, 6.45) is 1.02. The molecule has 2 N–H and O–H groups in total. The third-order valence-electron chi connectivity index (χ3n) is 3.55. The van der Waals surface area contributed by atoms with Crippen LogP contribution in [0.3, 0.4) is 0 Å². The highest BCUT2D eigenvalue weighted by Gasteiger charge is 2.31. The molecule has 3 rings (SSSR count). The molecule has 0 amide bonds. The van der Waals surface area contributed by atoms with Crippen molar-refractivity contribution in [2.24, 2.45) is 0 Å². The van der Waals surface area contributed by atoms with Crippen molar-refractivity contribution in [2.45, 2.75) is 18.4 Å². The summed E-state index contributed by atoms with van der Waals surface area (Å²) in [7, 11) is 0. The van der Waals surface area contributed by atoms with Crippen molar-refractivity contribution in [1.82, 2.24) is 0 Å². The van der Waals surface area contributed by atoms with Gasteiger partial charge in [0.25, 0.3) is 0 Å². The molecule has 0 aromatic heterocycles. The minimum Gasteiger partial charge on any atom is -0.508 e. The largest absolute Gasteiger partial charge is 0.508 e. The molecule has 2 unspecified atom stereocenters. The standard InChI is InChI=1S/C16H14O4/c17-9-11-6-14(10-4-2-1-3-5-10)20-15-8-12(18)7-13(19)16(11)15/h1-5,7-9,11,14,18-19H,6H2. The molecule has 2 atom stereocenters. The first kappa shape index (κ1) is 12.5. The number of hydrogen-bond acceptors (Lipinski definition) is 4. The minimum absolute atomic E-state index is 0.0837. The van der Waals surface area contributed by atoms with Gasteiger partial charge in [0.2, 0.25) is 0 Å². The molecule has 4 heteroatoms. The van der Waals surface area contributed by atoms with Crippen molar-refractivity contribution >= 4 is 6.29 Å². The third-order valence-corrected chi connectivity index (χ3v) is 3.55. The van der Waals surface area contributed by atoms with Gasteiger partial charge in [0.1, 0.15) is 29.6 Å². The second-order valence-corrected chi connectivity index (χ2v) is 4.87. The van der Waals surface area contributed by atoms with Crippen LogP contribution < -0.4 is 4.74 Å². The summed E-state index contributed by atoms with van der Waals surface area (Å²) in [4.78, 5) is 11.3. The molecular formula is C16H14O4. The maximum absolute atomic E-state index is 11.3. The topological polar surface area (TPSA) is 66.8 Å². The Hall–Kier alpha value is -2.49. The van der Waals surface area contributed by atoms with Crippen molar-refractivity contribution in [3.63, 3.8) is 0 Å². The first-order chi connectivity index (χ1) is 9.69. The van der Waals surface area contributed by atoms with Crippen LogP contribution in [0.5, 0.6) is 17.2 Å². The fourth-order valence-electron chi connectivity index (χ4n) is 2.61. The lowest BCUT2D eigenvalue weighted by atomic mass is 9.87. The van der Waals surface area contributed by atoms with E-state index >= 15 is 0 Å². The number of aromatic hydroxyl groups is 2. The molecule has 1 aliphatic heterocycles. The number of aldehydes is 1. The van der Waals surface area contributed by atoms with E-state index in [0.29, 0.717) is 17.7 Å². The van der Waals surface area contributed by atoms with Crippen LogP contribution in [0.15, 0.2) is 42.5 Å². The van der Waals surface area contributed by atoms with Gasteiger partial charge in [-0.25, -0.2) is 0 Å². The van der Waals surface area contributed by atoms with Gasteiger partial charge < -0.3 is 19.7 Å². The molecule has 0 spiro atoms. The molecule has 0 fully saturated rings. The number of carbonyl (C=O) groups excluding carboxylic acids is 1. The van der Waals surface area contributed by atoms with Gasteiger partial charge >= 0.3 is 0 Å². The van der Waals surface area contributed by atoms with Crippen LogP contribution in [0.25, 0.3) is 0 Å². The summed E-state index contributed by atoms with van der Waals surface area (Å²) >= 11 is 0. The SMILES string of the molecule is O=CC1CC(c2ccccc2)Oc2cc(O)cc(O)c21. The summed E-state index contributed by atoms with van der Waals surface area (Å²) < 4.78 is 5.83. The van der Waals surface area contributed by atoms with Gasteiger partial charge in [-0.2, -0.15) is 0 Å². The zero-order valence-corrected chi connectivity index (χ0v) is 10.7. The van der Waals surface area contributed by atoms with Crippen molar-refractivity contribution in [3.8, 4) is 17.2 Å². The van der Waals surface area contributed by atoms with E-state index in [2.05, 4.69) is 0 Å². The van der Waals surface area contributed by atoms with Crippen LogP contribution in [0.4, 0.5) is 0 Å². The van der Waals surface area contributed by atoms with Crippen molar-refractivity contribution in [3.05, 3.63) is 53.6 Å². The molecule has 0 saturated carbocycles. The van der Waals surface area contributed by atoms with E-state index in [1.807, 2.05) is 30.3 Å². The van der Waals surface area contributed by atoms with Crippen LogP contribution in [0.2, 0.25) is 0 Å².